The molecule has 6 aliphatic rings. The van der Waals surface area contributed by atoms with Crippen LogP contribution in [0.25, 0.3) is 0 Å². The Labute approximate surface area is 158 Å². The van der Waals surface area contributed by atoms with Crippen LogP contribution in [-0.2, 0) is 19.1 Å². The van der Waals surface area contributed by atoms with E-state index in [1.807, 2.05) is 0 Å². The molecule has 0 aromatic heterocycles. The number of ketones is 1. The third kappa shape index (κ3) is 1.63. The van der Waals surface area contributed by atoms with Gasteiger partial charge >= 0.3 is 5.97 Å². The van der Waals surface area contributed by atoms with Gasteiger partial charge in [0.15, 0.2) is 11.5 Å². The second-order valence-corrected chi connectivity index (χ2v) is 10.1. The summed E-state index contributed by atoms with van der Waals surface area (Å²) in [7, 11) is 0. The average Bonchev–Trinajstić information content (AvgIpc) is 2.75. The summed E-state index contributed by atoms with van der Waals surface area (Å²) in [6.45, 7) is 5.70. The number of esters is 1. The van der Waals surface area contributed by atoms with Crippen LogP contribution in [0.2, 0.25) is 0 Å². The Morgan fingerprint density at radius 1 is 1.19 bits per heavy atom. The molecule has 0 amide bonds. The molecule has 0 unspecified atom stereocenters. The zero-order chi connectivity index (χ0) is 19.6. The summed E-state index contributed by atoms with van der Waals surface area (Å²) in [5.41, 5.74) is -2.75. The molecule has 3 heterocycles. The first-order valence-corrected chi connectivity index (χ1v) is 9.99. The van der Waals surface area contributed by atoms with Gasteiger partial charge in [0.2, 0.25) is 5.79 Å². The van der Waals surface area contributed by atoms with Gasteiger partial charge in [-0.2, -0.15) is 0 Å². The van der Waals surface area contributed by atoms with E-state index < -0.39 is 52.7 Å². The largest absolute Gasteiger partial charge is 0.456 e. The molecule has 0 aromatic rings. The van der Waals surface area contributed by atoms with Gasteiger partial charge in [0, 0.05) is 17.3 Å². The highest BCUT2D eigenvalue weighted by Gasteiger charge is 2.89. The molecule has 7 nitrogen and oxygen atoms in total. The number of hydrogen-bond acceptors (Lipinski definition) is 7. The standard InChI is InChI=1S/C20H28O7/c1-9(21)10-4-5-11-18-8-26-20(25)15(27-16(24)19(11,20)14(10)23)13(18)17(2,3)7-6-12(18)22/h10-15,22-23,25H,4-8H2,1-3H3/t10-,11+,12+,13-,14-,15+,18-,19-,20-/m1/s1. The van der Waals surface area contributed by atoms with Crippen LogP contribution in [-0.4, -0.2) is 57.8 Å². The summed E-state index contributed by atoms with van der Waals surface area (Å²) in [4.78, 5) is 25.4. The fourth-order valence-corrected chi connectivity index (χ4v) is 7.80. The summed E-state index contributed by atoms with van der Waals surface area (Å²) >= 11 is 0. The molecule has 3 aliphatic heterocycles. The monoisotopic (exact) mass is 380 g/mol. The molecule has 2 spiro atoms. The van der Waals surface area contributed by atoms with E-state index >= 15 is 0 Å². The molecule has 150 valence electrons. The summed E-state index contributed by atoms with van der Waals surface area (Å²) in [5.74, 6) is -4.37. The molecule has 4 bridgehead atoms. The molecule has 6 rings (SSSR count). The maximum absolute atomic E-state index is 13.2. The zero-order valence-corrected chi connectivity index (χ0v) is 16.0. The molecule has 3 N–H and O–H groups in total. The van der Waals surface area contributed by atoms with Crippen LogP contribution in [0, 0.1) is 34.0 Å². The second kappa shape index (κ2) is 4.93. The first-order valence-electron chi connectivity index (χ1n) is 9.99. The normalized spacial score (nSPS) is 57.6. The van der Waals surface area contributed by atoms with Crippen molar-refractivity contribution < 1.29 is 34.4 Å². The SMILES string of the molecule is CC(=O)[C@H]1CC[C@H]2[C@@]34CO[C@]5(O)[C@@H](OC(=O)[C@]25[C@@H]1O)[C@@H]3C(C)(C)CC[C@@H]4O. The lowest BCUT2D eigenvalue weighted by Gasteiger charge is -2.72. The van der Waals surface area contributed by atoms with E-state index in [1.54, 1.807) is 0 Å². The van der Waals surface area contributed by atoms with E-state index in [9.17, 15) is 24.9 Å². The number of rotatable bonds is 1. The maximum Gasteiger partial charge on any atom is 0.321 e. The van der Waals surface area contributed by atoms with Crippen molar-refractivity contribution in [3.8, 4) is 0 Å². The van der Waals surface area contributed by atoms with Crippen molar-refractivity contribution in [1.29, 1.82) is 0 Å². The van der Waals surface area contributed by atoms with E-state index in [-0.39, 0.29) is 23.7 Å². The quantitative estimate of drug-likeness (QED) is 0.564. The minimum Gasteiger partial charge on any atom is -0.456 e. The molecular formula is C20H28O7. The first kappa shape index (κ1) is 18.0. The number of ether oxygens (including phenoxy) is 2. The van der Waals surface area contributed by atoms with Crippen LogP contribution >= 0.6 is 0 Å². The lowest BCUT2D eigenvalue weighted by Crippen LogP contribution is -2.83. The van der Waals surface area contributed by atoms with E-state index in [0.29, 0.717) is 19.3 Å². The molecular weight excluding hydrogens is 352 g/mol. The predicted octanol–water partition coefficient (Wildman–Crippen LogP) is 0.390. The van der Waals surface area contributed by atoms with Crippen LogP contribution in [0.15, 0.2) is 0 Å². The Kier molecular flexibility index (Phi) is 3.29. The third-order valence-electron chi connectivity index (χ3n) is 8.83. The summed E-state index contributed by atoms with van der Waals surface area (Å²) in [5, 5.41) is 34.1. The number of aliphatic hydroxyl groups is 3. The second-order valence-electron chi connectivity index (χ2n) is 10.1. The van der Waals surface area contributed by atoms with Gasteiger partial charge in [-0.3, -0.25) is 9.59 Å². The highest BCUT2D eigenvalue weighted by molar-refractivity contribution is 5.87. The number of carbonyl (C=O) groups excluding carboxylic acids is 2. The van der Waals surface area contributed by atoms with Crippen molar-refractivity contribution in [1.82, 2.24) is 0 Å². The lowest BCUT2D eigenvalue weighted by atomic mass is 9.35. The van der Waals surface area contributed by atoms with Gasteiger partial charge in [-0.25, -0.2) is 0 Å². The minimum atomic E-state index is -1.97. The van der Waals surface area contributed by atoms with Crippen molar-refractivity contribution in [3.05, 3.63) is 0 Å². The van der Waals surface area contributed by atoms with Gasteiger partial charge in [0.1, 0.15) is 5.78 Å². The maximum atomic E-state index is 13.2. The van der Waals surface area contributed by atoms with E-state index in [1.165, 1.54) is 6.92 Å². The molecule has 3 saturated carbocycles. The summed E-state index contributed by atoms with van der Waals surface area (Å²) < 4.78 is 11.6. The highest BCUT2D eigenvalue weighted by atomic mass is 16.7. The smallest absolute Gasteiger partial charge is 0.321 e. The van der Waals surface area contributed by atoms with E-state index in [0.717, 1.165) is 6.42 Å². The van der Waals surface area contributed by atoms with Gasteiger partial charge < -0.3 is 24.8 Å². The zero-order valence-electron chi connectivity index (χ0n) is 16.0. The van der Waals surface area contributed by atoms with Crippen molar-refractivity contribution in [2.75, 3.05) is 6.61 Å². The fourth-order valence-electron chi connectivity index (χ4n) is 7.80. The third-order valence-corrected chi connectivity index (χ3v) is 8.83. The van der Waals surface area contributed by atoms with Crippen LogP contribution < -0.4 is 0 Å². The molecule has 9 atom stereocenters. The van der Waals surface area contributed by atoms with Gasteiger partial charge in [-0.1, -0.05) is 13.8 Å². The molecule has 27 heavy (non-hydrogen) atoms. The molecule has 0 radical (unpaired) electrons. The number of aliphatic hydroxyl groups excluding tert-OH is 2. The summed E-state index contributed by atoms with van der Waals surface area (Å²) in [6.07, 6.45) is -0.805. The molecule has 0 aromatic carbocycles. The minimum absolute atomic E-state index is 0.135. The molecule has 3 saturated heterocycles. The number of hydrogen-bond donors (Lipinski definition) is 3. The van der Waals surface area contributed by atoms with Crippen LogP contribution in [0.4, 0.5) is 0 Å². The Balaban J connectivity index is 1.77. The molecule has 6 fully saturated rings. The topological polar surface area (TPSA) is 113 Å². The van der Waals surface area contributed by atoms with Crippen molar-refractivity contribution in [3.63, 3.8) is 0 Å². The number of carbonyl (C=O) groups is 2. The fraction of sp³-hybridized carbons (Fsp3) is 0.900. The average molecular weight is 380 g/mol. The van der Waals surface area contributed by atoms with Gasteiger partial charge in [0.25, 0.3) is 0 Å². The Hall–Kier alpha value is -1.02. The van der Waals surface area contributed by atoms with E-state index in [4.69, 9.17) is 9.47 Å². The Morgan fingerprint density at radius 3 is 2.56 bits per heavy atom. The molecule has 7 heteroatoms. The number of fused-ring (bicyclic) bond motifs is 1. The highest BCUT2D eigenvalue weighted by Crippen LogP contribution is 2.76. The van der Waals surface area contributed by atoms with Crippen molar-refractivity contribution in [2.24, 2.45) is 34.0 Å². The van der Waals surface area contributed by atoms with Crippen LogP contribution in [0.3, 0.4) is 0 Å². The predicted molar refractivity (Wildman–Crippen MR) is 91.1 cm³/mol. The van der Waals surface area contributed by atoms with Crippen LogP contribution in [0.5, 0.6) is 0 Å². The number of Topliss-reactive ketones (excluding diaryl/α,β-unsaturated/α-hetero) is 1. The Bertz CT molecular complexity index is 734. The van der Waals surface area contributed by atoms with Gasteiger partial charge in [-0.05, 0) is 43.9 Å². The first-order chi connectivity index (χ1) is 12.5. The van der Waals surface area contributed by atoms with Crippen LogP contribution in [0.1, 0.15) is 46.5 Å². The van der Waals surface area contributed by atoms with Gasteiger partial charge in [0.05, 0.1) is 18.8 Å². The summed E-state index contributed by atoms with van der Waals surface area (Å²) in [6, 6.07) is 0. The van der Waals surface area contributed by atoms with Gasteiger partial charge in [-0.15, -0.1) is 0 Å². The Morgan fingerprint density at radius 2 is 1.89 bits per heavy atom. The lowest BCUT2D eigenvalue weighted by molar-refractivity contribution is -0.435. The van der Waals surface area contributed by atoms with Crippen molar-refractivity contribution in [2.45, 2.75) is 70.6 Å². The van der Waals surface area contributed by atoms with E-state index in [2.05, 4.69) is 13.8 Å². The molecule has 3 aliphatic carbocycles. The van der Waals surface area contributed by atoms with Crippen molar-refractivity contribution >= 4 is 11.8 Å².